The van der Waals surface area contributed by atoms with Crippen molar-refractivity contribution in [2.75, 3.05) is 13.1 Å². The Morgan fingerprint density at radius 2 is 2.29 bits per heavy atom. The molecule has 0 aliphatic heterocycles. The fourth-order valence-corrected chi connectivity index (χ4v) is 1.30. The zero-order chi connectivity index (χ0) is 10.2. The Hall–Kier alpha value is -0.770. The molecule has 0 unspecified atom stereocenters. The Labute approximate surface area is 86.3 Å². The summed E-state index contributed by atoms with van der Waals surface area (Å²) in [6.45, 7) is 4.00. The van der Waals surface area contributed by atoms with Crippen molar-refractivity contribution in [1.29, 1.82) is 0 Å². The van der Waals surface area contributed by atoms with Crippen LogP contribution in [0.5, 0.6) is 0 Å². The van der Waals surface area contributed by atoms with Crippen molar-refractivity contribution < 1.29 is 0 Å². The number of unbranched alkanes of at least 4 members (excludes halogenated alkanes) is 1. The summed E-state index contributed by atoms with van der Waals surface area (Å²) in [7, 11) is 0. The van der Waals surface area contributed by atoms with E-state index in [-0.39, 0.29) is 0 Å². The molecule has 0 aromatic heterocycles. The van der Waals surface area contributed by atoms with E-state index in [9.17, 15) is 0 Å². The first kappa shape index (κ1) is 11.3. The molecule has 1 saturated carbocycles. The maximum Gasteiger partial charge on any atom is 0.205 e. The van der Waals surface area contributed by atoms with Gasteiger partial charge in [-0.2, -0.15) is 0 Å². The van der Waals surface area contributed by atoms with E-state index in [1.807, 2.05) is 0 Å². The molecular weight excluding hydrogens is 176 g/mol. The maximum atomic E-state index is 5.34. The van der Waals surface area contributed by atoms with Crippen LogP contribution in [0.4, 0.5) is 0 Å². The van der Waals surface area contributed by atoms with E-state index in [1.54, 1.807) is 0 Å². The molecule has 0 amide bonds. The Morgan fingerprint density at radius 1 is 1.50 bits per heavy atom. The standard InChI is InChI=1S/C10H22N4/c1-2-3-7-12-10(14-11)13-8-6-9-4-5-9/h9H,2-8,11H2,1H3,(H2,12,13,14). The van der Waals surface area contributed by atoms with Gasteiger partial charge < -0.3 is 5.32 Å². The van der Waals surface area contributed by atoms with Gasteiger partial charge in [-0.05, 0) is 18.8 Å². The second-order valence-electron chi connectivity index (χ2n) is 3.89. The van der Waals surface area contributed by atoms with Gasteiger partial charge in [0.25, 0.3) is 0 Å². The van der Waals surface area contributed by atoms with Gasteiger partial charge in [0.2, 0.25) is 5.96 Å². The molecule has 82 valence electrons. The normalized spacial score (nSPS) is 16.9. The molecule has 0 spiro atoms. The van der Waals surface area contributed by atoms with Gasteiger partial charge in [0.15, 0.2) is 0 Å². The minimum Gasteiger partial charge on any atom is -0.355 e. The summed E-state index contributed by atoms with van der Waals surface area (Å²) in [6, 6.07) is 0. The Morgan fingerprint density at radius 3 is 2.86 bits per heavy atom. The van der Waals surface area contributed by atoms with Crippen LogP contribution in [0.1, 0.15) is 39.0 Å². The van der Waals surface area contributed by atoms with Crippen molar-refractivity contribution in [3.63, 3.8) is 0 Å². The molecule has 1 aliphatic rings. The molecule has 0 heterocycles. The third-order valence-corrected chi connectivity index (χ3v) is 2.46. The number of hydrogen-bond acceptors (Lipinski definition) is 2. The number of nitrogens with zero attached hydrogens (tertiary/aromatic N) is 1. The maximum absolute atomic E-state index is 5.34. The third kappa shape index (κ3) is 5.07. The summed E-state index contributed by atoms with van der Waals surface area (Å²) in [5, 5.41) is 3.21. The zero-order valence-corrected chi connectivity index (χ0v) is 9.05. The second-order valence-corrected chi connectivity index (χ2v) is 3.89. The van der Waals surface area contributed by atoms with E-state index in [2.05, 4.69) is 22.7 Å². The van der Waals surface area contributed by atoms with E-state index < -0.39 is 0 Å². The van der Waals surface area contributed by atoms with Crippen molar-refractivity contribution in [2.24, 2.45) is 16.8 Å². The van der Waals surface area contributed by atoms with Gasteiger partial charge in [0.05, 0.1) is 0 Å². The van der Waals surface area contributed by atoms with Crippen molar-refractivity contribution in [3.8, 4) is 0 Å². The van der Waals surface area contributed by atoms with Crippen molar-refractivity contribution >= 4 is 5.96 Å². The number of hydrogen-bond donors (Lipinski definition) is 3. The summed E-state index contributed by atoms with van der Waals surface area (Å²) in [5.41, 5.74) is 2.59. The molecule has 0 aromatic rings. The Bertz CT molecular complexity index is 175. The first-order chi connectivity index (χ1) is 6.86. The first-order valence-electron chi connectivity index (χ1n) is 5.61. The van der Waals surface area contributed by atoms with E-state index >= 15 is 0 Å². The minimum atomic E-state index is 0.735. The van der Waals surface area contributed by atoms with Crippen molar-refractivity contribution in [3.05, 3.63) is 0 Å². The average molecular weight is 198 g/mol. The van der Waals surface area contributed by atoms with Gasteiger partial charge in [-0.25, -0.2) is 5.84 Å². The molecular formula is C10H22N4. The van der Waals surface area contributed by atoms with Crippen LogP contribution >= 0.6 is 0 Å². The summed E-state index contributed by atoms with van der Waals surface area (Å²) < 4.78 is 0. The third-order valence-electron chi connectivity index (χ3n) is 2.46. The second kappa shape index (κ2) is 6.65. The van der Waals surface area contributed by atoms with Crippen molar-refractivity contribution in [1.82, 2.24) is 10.7 Å². The highest BCUT2D eigenvalue weighted by Gasteiger charge is 2.20. The van der Waals surface area contributed by atoms with E-state index in [0.29, 0.717) is 0 Å². The van der Waals surface area contributed by atoms with Crippen LogP contribution in [0.15, 0.2) is 4.99 Å². The average Bonchev–Trinajstić information content (AvgIpc) is 2.99. The quantitative estimate of drug-likeness (QED) is 0.196. The molecule has 4 N–H and O–H groups in total. The largest absolute Gasteiger partial charge is 0.355 e. The predicted molar refractivity (Wildman–Crippen MR) is 59.9 cm³/mol. The lowest BCUT2D eigenvalue weighted by Gasteiger charge is -2.08. The number of hydrazine groups is 1. The van der Waals surface area contributed by atoms with Gasteiger partial charge in [-0.1, -0.05) is 26.2 Å². The summed E-state index contributed by atoms with van der Waals surface area (Å²) in [6.07, 6.45) is 6.34. The lowest BCUT2D eigenvalue weighted by atomic mass is 10.3. The number of guanidine groups is 1. The molecule has 1 fully saturated rings. The lowest BCUT2D eigenvalue weighted by Crippen LogP contribution is -2.42. The molecule has 0 bridgehead atoms. The van der Waals surface area contributed by atoms with Crippen LogP contribution < -0.4 is 16.6 Å². The fraction of sp³-hybridized carbons (Fsp3) is 0.900. The smallest absolute Gasteiger partial charge is 0.205 e. The van der Waals surface area contributed by atoms with Gasteiger partial charge in [0, 0.05) is 13.1 Å². The van der Waals surface area contributed by atoms with Gasteiger partial charge in [-0.3, -0.25) is 10.4 Å². The van der Waals surface area contributed by atoms with Crippen LogP contribution in [0.25, 0.3) is 0 Å². The highest BCUT2D eigenvalue weighted by atomic mass is 15.3. The van der Waals surface area contributed by atoms with Crippen molar-refractivity contribution in [2.45, 2.75) is 39.0 Å². The summed E-state index contributed by atoms with van der Waals surface area (Å²) in [4.78, 5) is 4.32. The van der Waals surface area contributed by atoms with Gasteiger partial charge >= 0.3 is 0 Å². The molecule has 0 saturated heterocycles. The van der Waals surface area contributed by atoms with E-state index in [4.69, 9.17) is 5.84 Å². The van der Waals surface area contributed by atoms with Crippen LogP contribution in [-0.2, 0) is 0 Å². The SMILES string of the molecule is CCCCN=C(NN)NCCC1CC1. The van der Waals surface area contributed by atoms with Gasteiger partial charge in [-0.15, -0.1) is 0 Å². The molecule has 0 atom stereocenters. The zero-order valence-electron chi connectivity index (χ0n) is 9.05. The minimum absolute atomic E-state index is 0.735. The molecule has 1 aliphatic carbocycles. The first-order valence-corrected chi connectivity index (χ1v) is 5.61. The number of nitrogens with one attached hydrogen (secondary N) is 2. The molecule has 0 radical (unpaired) electrons. The lowest BCUT2D eigenvalue weighted by molar-refractivity contribution is 0.683. The Balaban J connectivity index is 2.05. The van der Waals surface area contributed by atoms with Crippen LogP contribution in [0.3, 0.4) is 0 Å². The number of nitrogens with two attached hydrogens (primary N) is 1. The van der Waals surface area contributed by atoms with Crippen LogP contribution in [-0.4, -0.2) is 19.0 Å². The van der Waals surface area contributed by atoms with Crippen LogP contribution in [0, 0.1) is 5.92 Å². The monoisotopic (exact) mass is 198 g/mol. The highest BCUT2D eigenvalue weighted by molar-refractivity contribution is 5.79. The van der Waals surface area contributed by atoms with Gasteiger partial charge in [0.1, 0.15) is 0 Å². The van der Waals surface area contributed by atoms with E-state index in [1.165, 1.54) is 25.7 Å². The topological polar surface area (TPSA) is 62.4 Å². The molecule has 4 heteroatoms. The fourth-order valence-electron chi connectivity index (χ4n) is 1.30. The highest BCUT2D eigenvalue weighted by Crippen LogP contribution is 2.31. The molecule has 1 rings (SSSR count). The van der Waals surface area contributed by atoms with Crippen LogP contribution in [0.2, 0.25) is 0 Å². The predicted octanol–water partition coefficient (Wildman–Crippen LogP) is 0.995. The number of rotatable bonds is 6. The molecule has 4 nitrogen and oxygen atoms in total. The summed E-state index contributed by atoms with van der Waals surface area (Å²) >= 11 is 0. The number of aliphatic imine (C=N–C) groups is 1. The Kier molecular flexibility index (Phi) is 5.37. The van der Waals surface area contributed by atoms with E-state index in [0.717, 1.165) is 31.4 Å². The summed E-state index contributed by atoms with van der Waals surface area (Å²) in [5.74, 6) is 7.04. The molecule has 14 heavy (non-hydrogen) atoms. The molecule has 0 aromatic carbocycles.